The monoisotopic (exact) mass is 561 g/mol. The minimum absolute atomic E-state index is 0.00301. The Kier molecular flexibility index (Phi) is 8.80. The Hall–Kier alpha value is -2.20. The number of halogens is 2. The summed E-state index contributed by atoms with van der Waals surface area (Å²) in [5.41, 5.74) is -1.34. The van der Waals surface area contributed by atoms with E-state index in [1.165, 1.54) is 36.4 Å². The van der Waals surface area contributed by atoms with Crippen LogP contribution in [0.25, 0.3) is 10.9 Å². The maximum Gasteiger partial charge on any atom is 0.475 e. The number of benzene rings is 2. The first-order valence-electron chi connectivity index (χ1n) is 10.6. The van der Waals surface area contributed by atoms with Crippen molar-refractivity contribution in [1.82, 2.24) is 4.98 Å². The third-order valence-electron chi connectivity index (χ3n) is 4.78. The van der Waals surface area contributed by atoms with E-state index < -0.39 is 30.1 Å². The number of ether oxygens (including phenoxy) is 3. The average molecular weight is 562 g/mol. The molecule has 0 aliphatic carbocycles. The molecule has 3 rings (SSSR count). The topological polar surface area (TPSA) is 115 Å². The van der Waals surface area contributed by atoms with Crippen LogP contribution in [0.4, 0.5) is 5.69 Å². The number of nitrogens with zero attached hydrogens (tertiary/aromatic N) is 1. The molecule has 1 N–H and O–H groups in total. The third kappa shape index (κ3) is 5.63. The zero-order valence-corrected chi connectivity index (χ0v) is 22.5. The van der Waals surface area contributed by atoms with Crippen molar-refractivity contribution < 1.29 is 32.0 Å². The average Bonchev–Trinajstić information content (AvgIpc) is 3.22. The molecule has 0 aliphatic rings. The van der Waals surface area contributed by atoms with Gasteiger partial charge in [-0.25, -0.2) is 13.2 Å². The summed E-state index contributed by atoms with van der Waals surface area (Å²) in [5, 5.41) is 0.698. The van der Waals surface area contributed by atoms with Crippen LogP contribution in [0.2, 0.25) is 10.0 Å². The van der Waals surface area contributed by atoms with E-state index >= 15 is 0 Å². The second-order valence-electron chi connectivity index (χ2n) is 7.10. The number of hydrogen-bond donors (Lipinski definition) is 1. The van der Waals surface area contributed by atoms with Gasteiger partial charge in [0.1, 0.15) is 5.69 Å². The zero-order chi connectivity index (χ0) is 25.8. The Morgan fingerprint density at radius 3 is 2.17 bits per heavy atom. The first kappa shape index (κ1) is 27.4. The van der Waals surface area contributed by atoms with E-state index in [1.54, 1.807) is 26.8 Å². The molecule has 1 aromatic heterocycles. The molecule has 0 bridgehead atoms. The molecule has 1 unspecified atom stereocenters. The predicted octanol–water partition coefficient (Wildman–Crippen LogP) is 5.56. The molecule has 188 valence electrons. The molecular formula is C22H24Cl2N2O7PS+. The summed E-state index contributed by atoms with van der Waals surface area (Å²) in [4.78, 5) is 14.8. The van der Waals surface area contributed by atoms with Crippen molar-refractivity contribution in [3.05, 3.63) is 58.2 Å². The molecule has 0 fully saturated rings. The minimum atomic E-state index is -4.48. The Morgan fingerprint density at radius 1 is 1.00 bits per heavy atom. The second-order valence-corrected chi connectivity index (χ2v) is 10.6. The molecule has 0 amide bonds. The van der Waals surface area contributed by atoms with E-state index in [2.05, 4.69) is 4.98 Å². The van der Waals surface area contributed by atoms with Crippen LogP contribution in [0.3, 0.4) is 0 Å². The molecule has 0 aliphatic heterocycles. The molecule has 0 saturated heterocycles. The smallest absolute Gasteiger partial charge is 0.461 e. The Balaban J connectivity index is 2.28. The molecule has 1 heterocycles. The van der Waals surface area contributed by atoms with E-state index in [0.717, 1.165) is 4.31 Å². The van der Waals surface area contributed by atoms with Gasteiger partial charge in [-0.05, 0) is 63.2 Å². The number of H-pyrrole nitrogens is 1. The summed E-state index contributed by atoms with van der Waals surface area (Å²) in [6, 6.07) is 9.93. The molecular weight excluding hydrogens is 538 g/mol. The van der Waals surface area contributed by atoms with Crippen LogP contribution >= 0.6 is 31.7 Å². The van der Waals surface area contributed by atoms with Crippen LogP contribution in [-0.4, -0.2) is 44.8 Å². The summed E-state index contributed by atoms with van der Waals surface area (Å²) < 4.78 is 57.6. The van der Waals surface area contributed by atoms with Gasteiger partial charge in [0.05, 0.1) is 30.4 Å². The first-order chi connectivity index (χ1) is 16.6. The van der Waals surface area contributed by atoms with Crippen LogP contribution in [0.5, 0.6) is 0 Å². The lowest BCUT2D eigenvalue weighted by Crippen LogP contribution is -2.52. The quantitative estimate of drug-likeness (QED) is 0.185. The molecule has 1 atom stereocenters. The van der Waals surface area contributed by atoms with Crippen molar-refractivity contribution in [2.24, 2.45) is 0 Å². The molecule has 3 aromatic rings. The SMILES string of the molecule is CCOC(=O)c1cc2cc(N(C(OCC)(OCC)[PH+]=O)S(=O)(=O)c3cc(Cl)cc(Cl)c3)ccc2[nH]1. The highest BCUT2D eigenvalue weighted by Gasteiger charge is 2.55. The van der Waals surface area contributed by atoms with Crippen LogP contribution in [0.1, 0.15) is 31.3 Å². The highest BCUT2D eigenvalue weighted by molar-refractivity contribution is 7.93. The zero-order valence-electron chi connectivity index (χ0n) is 19.1. The van der Waals surface area contributed by atoms with Gasteiger partial charge in [0, 0.05) is 20.9 Å². The lowest BCUT2D eigenvalue weighted by molar-refractivity contribution is -0.160. The number of fused-ring (bicyclic) bond motifs is 1. The lowest BCUT2D eigenvalue weighted by atomic mass is 10.2. The van der Waals surface area contributed by atoms with Crippen LogP contribution in [0.15, 0.2) is 47.4 Å². The fraction of sp³-hybridized carbons (Fsp3) is 0.318. The normalized spacial score (nSPS) is 12.3. The lowest BCUT2D eigenvalue weighted by Gasteiger charge is -2.33. The summed E-state index contributed by atoms with van der Waals surface area (Å²) in [5.74, 6) is -0.553. The fourth-order valence-corrected chi connectivity index (χ4v) is 6.79. The van der Waals surface area contributed by atoms with E-state index in [-0.39, 0.29) is 46.1 Å². The number of aromatic amines is 1. The molecule has 0 spiro atoms. The number of hydrogen-bond acceptors (Lipinski definition) is 7. The molecule has 2 aromatic carbocycles. The van der Waals surface area contributed by atoms with Crippen molar-refractivity contribution in [3.63, 3.8) is 0 Å². The summed E-state index contributed by atoms with van der Waals surface area (Å²) in [6.45, 7) is 5.12. The highest BCUT2D eigenvalue weighted by atomic mass is 35.5. The first-order valence-corrected chi connectivity index (χ1v) is 13.7. The molecule has 13 heteroatoms. The van der Waals surface area contributed by atoms with Gasteiger partial charge in [-0.2, -0.15) is 4.31 Å². The van der Waals surface area contributed by atoms with Crippen LogP contribution < -0.4 is 4.31 Å². The van der Waals surface area contributed by atoms with Crippen molar-refractivity contribution in [2.75, 3.05) is 24.1 Å². The third-order valence-corrected chi connectivity index (χ3v) is 7.92. The van der Waals surface area contributed by atoms with Gasteiger partial charge in [0.15, 0.2) is 0 Å². The van der Waals surface area contributed by atoms with Crippen LogP contribution in [-0.2, 0) is 28.8 Å². The number of sulfonamides is 1. The molecule has 9 nitrogen and oxygen atoms in total. The fourth-order valence-electron chi connectivity index (χ4n) is 3.47. The van der Waals surface area contributed by atoms with Crippen molar-refractivity contribution in [3.8, 4) is 0 Å². The molecule has 35 heavy (non-hydrogen) atoms. The molecule has 0 radical (unpaired) electrons. The van der Waals surface area contributed by atoms with Gasteiger partial charge in [-0.1, -0.05) is 27.8 Å². The second kappa shape index (κ2) is 11.2. The maximum absolute atomic E-state index is 14.0. The predicted molar refractivity (Wildman–Crippen MR) is 135 cm³/mol. The van der Waals surface area contributed by atoms with E-state index in [4.69, 9.17) is 37.4 Å². The highest BCUT2D eigenvalue weighted by Crippen LogP contribution is 2.41. The van der Waals surface area contributed by atoms with Gasteiger partial charge in [0.2, 0.25) is 0 Å². The van der Waals surface area contributed by atoms with Crippen molar-refractivity contribution in [2.45, 2.75) is 31.3 Å². The number of anilines is 1. The maximum atomic E-state index is 14.0. The number of carbonyl (C=O) groups is 1. The summed E-state index contributed by atoms with van der Waals surface area (Å²) >= 11 is 12.2. The van der Waals surface area contributed by atoms with Gasteiger partial charge in [-0.15, -0.1) is 0 Å². The Morgan fingerprint density at radius 2 is 1.63 bits per heavy atom. The standard InChI is InChI=1S/C22H23Cl2N2O7PS/c1-4-31-21(27)20-10-14-9-17(7-8-19(14)25-20)26(22(34-28,32-5-2)33-6-3)35(29,30)18-12-15(23)11-16(24)13-18/h7-13,25H,4-6H2,1-3H3/p+1. The number of esters is 1. The summed E-state index contributed by atoms with van der Waals surface area (Å²) in [7, 11) is -5.85. The largest absolute Gasteiger partial charge is 0.475 e. The van der Waals surface area contributed by atoms with E-state index in [1.807, 2.05) is 0 Å². The van der Waals surface area contributed by atoms with E-state index in [0.29, 0.717) is 10.9 Å². The summed E-state index contributed by atoms with van der Waals surface area (Å²) in [6.07, 6.45) is 0. The van der Waals surface area contributed by atoms with Crippen molar-refractivity contribution >= 4 is 64.2 Å². The van der Waals surface area contributed by atoms with Gasteiger partial charge < -0.3 is 9.72 Å². The van der Waals surface area contributed by atoms with Gasteiger partial charge >= 0.3 is 20.1 Å². The number of carbonyl (C=O) groups excluding carboxylic acids is 1. The van der Waals surface area contributed by atoms with Crippen LogP contribution in [0, 0.1) is 0 Å². The number of nitrogens with one attached hydrogen (secondary N) is 1. The van der Waals surface area contributed by atoms with Crippen molar-refractivity contribution in [1.29, 1.82) is 0 Å². The number of rotatable bonds is 11. The number of aromatic nitrogens is 1. The Labute approximate surface area is 214 Å². The van der Waals surface area contributed by atoms with Gasteiger partial charge in [0.25, 0.3) is 10.0 Å². The Bertz CT molecular complexity index is 1320. The minimum Gasteiger partial charge on any atom is -0.461 e. The van der Waals surface area contributed by atoms with Gasteiger partial charge in [-0.3, -0.25) is 9.47 Å². The molecule has 0 saturated carbocycles. The van der Waals surface area contributed by atoms with E-state index in [9.17, 15) is 17.8 Å².